The third kappa shape index (κ3) is 1.84. The summed E-state index contributed by atoms with van der Waals surface area (Å²) in [5, 5.41) is 0. The van der Waals surface area contributed by atoms with Gasteiger partial charge in [-0.1, -0.05) is 6.08 Å². The fourth-order valence-electron chi connectivity index (χ4n) is 1.29. The largest absolute Gasteiger partial charge is 0.229 e. The van der Waals surface area contributed by atoms with Crippen LogP contribution in [0.5, 0.6) is 0 Å². The molecule has 1 aliphatic rings. The van der Waals surface area contributed by atoms with Gasteiger partial charge in [-0.25, -0.2) is 8.42 Å². The molecule has 0 bridgehead atoms. The minimum Gasteiger partial charge on any atom is -0.229 e. The molecule has 0 radical (unpaired) electrons. The fourth-order valence-corrected chi connectivity index (χ4v) is 3.17. The number of allylic oxidation sites excluding steroid dienone is 1. The van der Waals surface area contributed by atoms with E-state index in [4.69, 9.17) is 0 Å². The van der Waals surface area contributed by atoms with Gasteiger partial charge in [0, 0.05) is 0 Å². The van der Waals surface area contributed by atoms with E-state index < -0.39 is 9.84 Å². The summed E-state index contributed by atoms with van der Waals surface area (Å²) in [7, 11) is -2.67. The van der Waals surface area contributed by atoms with E-state index in [9.17, 15) is 8.42 Å². The quantitative estimate of drug-likeness (QED) is 0.565. The second kappa shape index (κ2) is 2.74. The molecular weight excluding hydrogens is 148 g/mol. The maximum absolute atomic E-state index is 10.9. The Hall–Kier alpha value is -0.310. The Kier molecular flexibility index (Phi) is 2.14. The molecule has 0 aliphatic carbocycles. The van der Waals surface area contributed by atoms with Crippen molar-refractivity contribution in [3.8, 4) is 0 Å². The lowest BCUT2D eigenvalue weighted by Gasteiger charge is -1.99. The first-order valence-electron chi connectivity index (χ1n) is 3.45. The monoisotopic (exact) mass is 160 g/mol. The average Bonchev–Trinajstić information content (AvgIpc) is 2.12. The number of sulfone groups is 1. The molecule has 1 unspecified atom stereocenters. The Labute approximate surface area is 61.9 Å². The summed E-state index contributed by atoms with van der Waals surface area (Å²) in [5.41, 5.74) is 0. The summed E-state index contributed by atoms with van der Waals surface area (Å²) >= 11 is 0. The Morgan fingerprint density at radius 3 is 2.70 bits per heavy atom. The molecule has 0 saturated carbocycles. The molecule has 0 spiro atoms. The van der Waals surface area contributed by atoms with Gasteiger partial charge in [0.25, 0.3) is 0 Å². The maximum Gasteiger partial charge on any atom is 0.150 e. The molecule has 1 rings (SSSR count). The van der Waals surface area contributed by atoms with Crippen molar-refractivity contribution in [2.75, 3.05) is 11.5 Å². The third-order valence-corrected chi connectivity index (χ3v) is 3.66. The van der Waals surface area contributed by atoms with Crippen LogP contribution >= 0.6 is 0 Å². The first kappa shape index (κ1) is 7.79. The summed E-state index contributed by atoms with van der Waals surface area (Å²) in [4.78, 5) is 0. The molecule has 0 aromatic carbocycles. The summed E-state index contributed by atoms with van der Waals surface area (Å²) < 4.78 is 21.8. The van der Waals surface area contributed by atoms with Crippen molar-refractivity contribution in [1.29, 1.82) is 0 Å². The number of rotatable bonds is 2. The van der Waals surface area contributed by atoms with Crippen LogP contribution in [0.25, 0.3) is 0 Å². The summed E-state index contributed by atoms with van der Waals surface area (Å²) in [6.45, 7) is 3.58. The third-order valence-electron chi connectivity index (χ3n) is 1.83. The fraction of sp³-hybridized carbons (Fsp3) is 0.714. The van der Waals surface area contributed by atoms with Gasteiger partial charge in [-0.05, 0) is 18.8 Å². The molecule has 2 nitrogen and oxygen atoms in total. The van der Waals surface area contributed by atoms with Crippen LogP contribution in [-0.4, -0.2) is 19.9 Å². The second-order valence-electron chi connectivity index (χ2n) is 2.79. The lowest BCUT2D eigenvalue weighted by Crippen LogP contribution is -2.03. The zero-order valence-electron chi connectivity index (χ0n) is 5.91. The van der Waals surface area contributed by atoms with Gasteiger partial charge in [0.2, 0.25) is 0 Å². The summed E-state index contributed by atoms with van der Waals surface area (Å²) in [6, 6.07) is 0. The van der Waals surface area contributed by atoms with E-state index in [1.165, 1.54) is 0 Å². The van der Waals surface area contributed by atoms with Crippen molar-refractivity contribution in [3.63, 3.8) is 0 Å². The highest BCUT2D eigenvalue weighted by atomic mass is 32.2. The molecule has 3 heteroatoms. The van der Waals surface area contributed by atoms with Gasteiger partial charge < -0.3 is 0 Å². The molecule has 1 saturated heterocycles. The minimum atomic E-state index is -2.67. The standard InChI is InChI=1S/C7H12O2S/c1-2-3-7-4-5-10(8,9)6-7/h2,7H,1,3-6H2. The topological polar surface area (TPSA) is 34.1 Å². The van der Waals surface area contributed by atoms with Gasteiger partial charge in [0.15, 0.2) is 9.84 Å². The van der Waals surface area contributed by atoms with Gasteiger partial charge in [-0.2, -0.15) is 0 Å². The Morgan fingerprint density at radius 1 is 1.60 bits per heavy atom. The lowest BCUT2D eigenvalue weighted by molar-refractivity contribution is 0.590. The first-order chi connectivity index (χ1) is 4.64. The Morgan fingerprint density at radius 2 is 2.30 bits per heavy atom. The molecule has 0 aromatic rings. The van der Waals surface area contributed by atoms with E-state index in [2.05, 4.69) is 6.58 Å². The zero-order chi connectivity index (χ0) is 7.61. The molecule has 1 aliphatic heterocycles. The maximum atomic E-state index is 10.9. The highest BCUT2D eigenvalue weighted by Crippen LogP contribution is 2.21. The predicted molar refractivity (Wildman–Crippen MR) is 41.6 cm³/mol. The highest BCUT2D eigenvalue weighted by molar-refractivity contribution is 7.91. The van der Waals surface area contributed by atoms with Crippen LogP contribution in [0, 0.1) is 5.92 Å². The van der Waals surface area contributed by atoms with Crippen molar-refractivity contribution >= 4 is 9.84 Å². The summed E-state index contributed by atoms with van der Waals surface area (Å²) in [6.07, 6.45) is 3.47. The number of hydrogen-bond acceptors (Lipinski definition) is 2. The lowest BCUT2D eigenvalue weighted by atomic mass is 10.1. The van der Waals surface area contributed by atoms with Gasteiger partial charge in [0.1, 0.15) is 0 Å². The zero-order valence-corrected chi connectivity index (χ0v) is 6.73. The minimum absolute atomic E-state index is 0.350. The molecule has 10 heavy (non-hydrogen) atoms. The Balaban J connectivity index is 2.51. The van der Waals surface area contributed by atoms with Crippen molar-refractivity contribution in [2.45, 2.75) is 12.8 Å². The van der Waals surface area contributed by atoms with Gasteiger partial charge in [0.05, 0.1) is 11.5 Å². The second-order valence-corrected chi connectivity index (χ2v) is 5.02. The van der Waals surface area contributed by atoms with Crippen LogP contribution in [0.3, 0.4) is 0 Å². The smallest absolute Gasteiger partial charge is 0.150 e. The van der Waals surface area contributed by atoms with E-state index in [1.807, 2.05) is 0 Å². The van der Waals surface area contributed by atoms with E-state index in [1.54, 1.807) is 6.08 Å². The van der Waals surface area contributed by atoms with Crippen molar-refractivity contribution in [2.24, 2.45) is 5.92 Å². The predicted octanol–water partition coefficient (Wildman–Crippen LogP) is 0.997. The van der Waals surface area contributed by atoms with E-state index >= 15 is 0 Å². The molecular formula is C7H12O2S. The molecule has 1 fully saturated rings. The van der Waals surface area contributed by atoms with Crippen LogP contribution in [0.2, 0.25) is 0 Å². The van der Waals surface area contributed by atoms with Crippen LogP contribution < -0.4 is 0 Å². The van der Waals surface area contributed by atoms with Crippen LogP contribution in [0.1, 0.15) is 12.8 Å². The van der Waals surface area contributed by atoms with Crippen LogP contribution in [0.15, 0.2) is 12.7 Å². The van der Waals surface area contributed by atoms with Gasteiger partial charge in [-0.15, -0.1) is 6.58 Å². The van der Waals surface area contributed by atoms with E-state index in [-0.39, 0.29) is 0 Å². The number of hydrogen-bond donors (Lipinski definition) is 0. The Bertz CT molecular complexity index is 216. The molecule has 1 atom stereocenters. The van der Waals surface area contributed by atoms with Crippen LogP contribution in [-0.2, 0) is 9.84 Å². The van der Waals surface area contributed by atoms with Crippen molar-refractivity contribution in [3.05, 3.63) is 12.7 Å². The normalized spacial score (nSPS) is 30.2. The first-order valence-corrected chi connectivity index (χ1v) is 5.27. The molecule has 0 N–H and O–H groups in total. The average molecular weight is 160 g/mol. The van der Waals surface area contributed by atoms with Crippen LogP contribution in [0.4, 0.5) is 0 Å². The SMILES string of the molecule is C=CCC1CCS(=O)(=O)C1. The summed E-state index contributed by atoms with van der Waals surface area (Å²) in [5.74, 6) is 1.10. The molecule has 1 heterocycles. The molecule has 58 valence electrons. The van der Waals surface area contributed by atoms with Gasteiger partial charge in [-0.3, -0.25) is 0 Å². The molecule has 0 amide bonds. The van der Waals surface area contributed by atoms with Crippen molar-refractivity contribution in [1.82, 2.24) is 0 Å². The molecule has 0 aromatic heterocycles. The van der Waals surface area contributed by atoms with E-state index in [0.29, 0.717) is 17.4 Å². The van der Waals surface area contributed by atoms with Crippen molar-refractivity contribution < 1.29 is 8.42 Å². The van der Waals surface area contributed by atoms with Gasteiger partial charge >= 0.3 is 0 Å². The van der Waals surface area contributed by atoms with E-state index in [0.717, 1.165) is 12.8 Å². The highest BCUT2D eigenvalue weighted by Gasteiger charge is 2.26.